The molecule has 1 N–H and O–H groups in total. The molecule has 1 aliphatic rings. The van der Waals surface area contributed by atoms with E-state index in [1.807, 2.05) is 0 Å². The molecule has 3 aromatic rings. The number of rotatable bonds is 10. The third-order valence-electron chi connectivity index (χ3n) is 6.84. The van der Waals surface area contributed by atoms with Crippen molar-refractivity contribution in [1.82, 2.24) is 10.2 Å². The molecule has 0 heterocycles. The average molecular weight is 572 g/mol. The molecule has 0 aromatic heterocycles. The van der Waals surface area contributed by atoms with Crippen LogP contribution in [0.4, 0.5) is 10.1 Å². The lowest BCUT2D eigenvalue weighted by molar-refractivity contribution is -0.139. The van der Waals surface area contributed by atoms with Crippen molar-refractivity contribution >= 4 is 39.1 Å². The average Bonchev–Trinajstić information content (AvgIpc) is 3.44. The first kappa shape index (κ1) is 28.6. The molecule has 0 spiro atoms. The fourth-order valence-electron chi connectivity index (χ4n) is 4.69. The Morgan fingerprint density at radius 2 is 1.67 bits per heavy atom. The lowest BCUT2D eigenvalue weighted by atomic mass is 10.1. The van der Waals surface area contributed by atoms with E-state index in [0.29, 0.717) is 10.6 Å². The number of carbonyl (C=O) groups is 2. The summed E-state index contributed by atoms with van der Waals surface area (Å²) in [5, 5.41) is 3.47. The number of anilines is 1. The number of carbonyl (C=O) groups excluding carboxylic acids is 2. The Morgan fingerprint density at radius 3 is 2.33 bits per heavy atom. The van der Waals surface area contributed by atoms with Crippen molar-refractivity contribution in [3.05, 3.63) is 95.3 Å². The minimum absolute atomic E-state index is 0.00907. The zero-order chi connectivity index (χ0) is 28.0. The summed E-state index contributed by atoms with van der Waals surface area (Å²) in [5.41, 5.74) is 0.403. The van der Waals surface area contributed by atoms with Crippen LogP contribution in [0.5, 0.6) is 0 Å². The van der Waals surface area contributed by atoms with Crippen LogP contribution in [0, 0.1) is 5.82 Å². The van der Waals surface area contributed by atoms with Crippen molar-refractivity contribution in [2.75, 3.05) is 10.8 Å². The van der Waals surface area contributed by atoms with Gasteiger partial charge in [-0.25, -0.2) is 12.8 Å². The Hall–Kier alpha value is -3.43. The van der Waals surface area contributed by atoms with Crippen LogP contribution in [0.1, 0.15) is 38.2 Å². The third-order valence-corrected chi connectivity index (χ3v) is 8.85. The molecule has 1 aliphatic carbocycles. The maximum Gasteiger partial charge on any atom is 0.264 e. The van der Waals surface area contributed by atoms with Crippen LogP contribution in [0.3, 0.4) is 0 Å². The Labute approximate surface area is 233 Å². The van der Waals surface area contributed by atoms with Crippen molar-refractivity contribution < 1.29 is 22.4 Å². The van der Waals surface area contributed by atoms with E-state index in [1.165, 1.54) is 35.2 Å². The molecule has 1 fully saturated rings. The van der Waals surface area contributed by atoms with E-state index >= 15 is 0 Å². The summed E-state index contributed by atoms with van der Waals surface area (Å²) in [5.74, 6) is -1.79. The Morgan fingerprint density at radius 1 is 1.00 bits per heavy atom. The molecule has 1 saturated carbocycles. The molecule has 0 radical (unpaired) electrons. The topological polar surface area (TPSA) is 86.8 Å². The summed E-state index contributed by atoms with van der Waals surface area (Å²) in [6.45, 7) is 0.904. The summed E-state index contributed by atoms with van der Waals surface area (Å²) in [6.07, 6.45) is 3.80. The van der Waals surface area contributed by atoms with Gasteiger partial charge in [-0.05, 0) is 61.7 Å². The van der Waals surface area contributed by atoms with Crippen LogP contribution in [0.15, 0.2) is 83.8 Å². The summed E-state index contributed by atoms with van der Waals surface area (Å²) < 4.78 is 43.0. The molecule has 1 atom stereocenters. The zero-order valence-electron chi connectivity index (χ0n) is 21.6. The van der Waals surface area contributed by atoms with E-state index in [9.17, 15) is 22.4 Å². The molecule has 206 valence electrons. The number of benzene rings is 3. The Kier molecular flexibility index (Phi) is 9.24. The van der Waals surface area contributed by atoms with Crippen molar-refractivity contribution in [3.63, 3.8) is 0 Å². The largest absolute Gasteiger partial charge is 0.352 e. The van der Waals surface area contributed by atoms with Gasteiger partial charge in [-0.15, -0.1) is 0 Å². The first-order chi connectivity index (χ1) is 18.7. The smallest absolute Gasteiger partial charge is 0.264 e. The van der Waals surface area contributed by atoms with Gasteiger partial charge in [0.25, 0.3) is 10.0 Å². The second-order valence-corrected chi connectivity index (χ2v) is 11.9. The fraction of sp³-hybridized carbons (Fsp3) is 0.310. The standard InChI is InChI=1S/C29H31ClFN3O4S/c1-21(29(36)32-24-12-5-6-13-24)33(19-22-10-9-11-23(30)18-22)28(35)20-34(27-17-8-7-16-26(27)31)39(37,38)25-14-3-2-4-15-25/h2-4,7-11,14-18,21,24H,5-6,12-13,19-20H2,1H3,(H,32,36)/t21-/m1/s1. The summed E-state index contributed by atoms with van der Waals surface area (Å²) in [4.78, 5) is 28.3. The van der Waals surface area contributed by atoms with Crippen LogP contribution >= 0.6 is 11.6 Å². The highest BCUT2D eigenvalue weighted by Gasteiger charge is 2.34. The number of amides is 2. The van der Waals surface area contributed by atoms with Gasteiger partial charge in [0.1, 0.15) is 18.4 Å². The van der Waals surface area contributed by atoms with Gasteiger partial charge in [0.15, 0.2) is 0 Å². The SMILES string of the molecule is C[C@H](C(=O)NC1CCCC1)N(Cc1cccc(Cl)c1)C(=O)CN(c1ccccc1F)S(=O)(=O)c1ccccc1. The summed E-state index contributed by atoms with van der Waals surface area (Å²) in [7, 11) is -4.33. The zero-order valence-corrected chi connectivity index (χ0v) is 23.2. The molecule has 4 rings (SSSR count). The van der Waals surface area contributed by atoms with Gasteiger partial charge >= 0.3 is 0 Å². The molecule has 0 unspecified atom stereocenters. The molecular weight excluding hydrogens is 541 g/mol. The molecule has 2 amide bonds. The number of halogens is 2. The van der Waals surface area contributed by atoms with E-state index in [0.717, 1.165) is 36.1 Å². The van der Waals surface area contributed by atoms with Gasteiger partial charge < -0.3 is 10.2 Å². The monoisotopic (exact) mass is 571 g/mol. The number of hydrogen-bond acceptors (Lipinski definition) is 4. The normalized spacial score (nSPS) is 14.5. The van der Waals surface area contributed by atoms with Gasteiger partial charge in [0, 0.05) is 17.6 Å². The lowest BCUT2D eigenvalue weighted by Gasteiger charge is -2.32. The molecule has 0 aliphatic heterocycles. The van der Waals surface area contributed by atoms with Gasteiger partial charge in [0.2, 0.25) is 11.8 Å². The van der Waals surface area contributed by atoms with Crippen LogP contribution < -0.4 is 9.62 Å². The quantitative estimate of drug-likeness (QED) is 0.365. The van der Waals surface area contributed by atoms with E-state index in [-0.39, 0.29) is 29.1 Å². The first-order valence-corrected chi connectivity index (χ1v) is 14.6. The molecule has 10 heteroatoms. The lowest BCUT2D eigenvalue weighted by Crippen LogP contribution is -2.52. The second-order valence-electron chi connectivity index (χ2n) is 9.59. The van der Waals surface area contributed by atoms with E-state index in [4.69, 9.17) is 11.6 Å². The summed E-state index contributed by atoms with van der Waals surface area (Å²) >= 11 is 6.16. The van der Waals surface area contributed by atoms with Crippen LogP contribution in [0.2, 0.25) is 5.02 Å². The second kappa shape index (κ2) is 12.6. The molecule has 7 nitrogen and oxygen atoms in total. The van der Waals surface area contributed by atoms with E-state index in [1.54, 1.807) is 49.4 Å². The highest BCUT2D eigenvalue weighted by Crippen LogP contribution is 2.27. The van der Waals surface area contributed by atoms with Crippen molar-refractivity contribution in [3.8, 4) is 0 Å². The first-order valence-electron chi connectivity index (χ1n) is 12.8. The van der Waals surface area contributed by atoms with Crippen molar-refractivity contribution in [2.45, 2.75) is 56.1 Å². The Balaban J connectivity index is 1.69. The van der Waals surface area contributed by atoms with Crippen LogP contribution in [0.25, 0.3) is 0 Å². The predicted octanol–water partition coefficient (Wildman–Crippen LogP) is 5.15. The fourth-order valence-corrected chi connectivity index (χ4v) is 6.35. The molecule has 0 saturated heterocycles. The van der Waals surface area contributed by atoms with E-state index < -0.39 is 34.3 Å². The highest BCUT2D eigenvalue weighted by atomic mass is 35.5. The molecule has 0 bridgehead atoms. The van der Waals surface area contributed by atoms with Crippen LogP contribution in [-0.2, 0) is 26.2 Å². The van der Waals surface area contributed by atoms with Crippen molar-refractivity contribution in [2.24, 2.45) is 0 Å². The molecular formula is C29H31ClFN3O4S. The minimum atomic E-state index is -4.33. The molecule has 3 aromatic carbocycles. The number of hydrogen-bond donors (Lipinski definition) is 1. The van der Waals surface area contributed by atoms with Gasteiger partial charge in [-0.1, -0.05) is 66.9 Å². The third kappa shape index (κ3) is 6.96. The van der Waals surface area contributed by atoms with Gasteiger partial charge in [-0.2, -0.15) is 0 Å². The van der Waals surface area contributed by atoms with Gasteiger partial charge in [0.05, 0.1) is 10.6 Å². The Bertz CT molecular complexity index is 1410. The number of sulfonamides is 1. The van der Waals surface area contributed by atoms with Crippen LogP contribution in [-0.4, -0.2) is 43.8 Å². The van der Waals surface area contributed by atoms with Crippen molar-refractivity contribution in [1.29, 1.82) is 0 Å². The van der Waals surface area contributed by atoms with Gasteiger partial charge in [-0.3, -0.25) is 13.9 Å². The predicted molar refractivity (Wildman–Crippen MR) is 149 cm³/mol. The minimum Gasteiger partial charge on any atom is -0.352 e. The number of para-hydroxylation sites is 1. The molecule has 39 heavy (non-hydrogen) atoms. The highest BCUT2D eigenvalue weighted by molar-refractivity contribution is 7.92. The maximum atomic E-state index is 14.9. The summed E-state index contributed by atoms with van der Waals surface area (Å²) in [6, 6.07) is 18.9. The number of nitrogens with one attached hydrogen (secondary N) is 1. The van der Waals surface area contributed by atoms with E-state index in [2.05, 4.69) is 5.32 Å². The maximum absolute atomic E-state index is 14.9. The number of nitrogens with zero attached hydrogens (tertiary/aromatic N) is 2.